The highest BCUT2D eigenvalue weighted by molar-refractivity contribution is 7.81. The van der Waals surface area contributed by atoms with Gasteiger partial charge in [-0.15, -0.1) is 33.2 Å². The Labute approximate surface area is 471 Å². The molecule has 6 heterocycles. The molecule has 17 N–H and O–H groups in total. The zero-order chi connectivity index (χ0) is 59.8. The van der Waals surface area contributed by atoms with E-state index >= 15 is 0 Å². The lowest BCUT2D eigenvalue weighted by Crippen LogP contribution is -2.43. The molecule has 0 aliphatic carbocycles. The molecule has 0 unspecified atom stereocenters. The van der Waals surface area contributed by atoms with E-state index in [0.717, 1.165) is 22.8 Å². The molecule has 0 atom stereocenters. The predicted molar refractivity (Wildman–Crippen MR) is 274 cm³/mol. The fourth-order valence-electron chi connectivity index (χ4n) is 7.03. The first-order chi connectivity index (χ1) is 38.6. The molecule has 472 valence electrons. The van der Waals surface area contributed by atoms with Crippen LogP contribution in [-0.4, -0.2) is 237 Å². The van der Waals surface area contributed by atoms with Gasteiger partial charge in [0, 0.05) is 76.5 Å². The summed E-state index contributed by atoms with van der Waals surface area (Å²) < 4.78 is 195. The lowest BCUT2D eigenvalue weighted by Gasteiger charge is -2.23. The Kier molecular flexibility index (Phi) is 27.1. The highest BCUT2D eigenvalue weighted by Gasteiger charge is 2.25. The van der Waals surface area contributed by atoms with Gasteiger partial charge in [0.1, 0.15) is 13.5 Å². The Morgan fingerprint density at radius 3 is 0.841 bits per heavy atom. The number of hydrazine groups is 12. The van der Waals surface area contributed by atoms with Crippen molar-refractivity contribution in [3.8, 4) is 0 Å². The topological polar surface area (TPSA) is 507 Å². The molecule has 0 bridgehead atoms. The zero-order valence-corrected chi connectivity index (χ0v) is 47.3. The van der Waals surface area contributed by atoms with Crippen LogP contribution in [0.25, 0.3) is 0 Å². The first kappa shape index (κ1) is 67.7. The lowest BCUT2D eigenvalue weighted by molar-refractivity contribution is 0.0246. The van der Waals surface area contributed by atoms with Gasteiger partial charge in [-0.05, 0) is 12.8 Å². The minimum Gasteiger partial charge on any atom is -0.360 e. The number of hydrogen-bond acceptors (Lipinski definition) is 37. The van der Waals surface area contributed by atoms with Crippen LogP contribution in [0.15, 0.2) is 71.4 Å². The summed E-state index contributed by atoms with van der Waals surface area (Å²) in [7, 11) is -22.7. The van der Waals surface area contributed by atoms with Gasteiger partial charge in [-0.25, -0.2) is 20.9 Å². The fourth-order valence-corrected chi connectivity index (χ4v) is 8.50. The Balaban J connectivity index is 0.000000302. The van der Waals surface area contributed by atoms with Gasteiger partial charge in [-0.1, -0.05) is 0 Å². The van der Waals surface area contributed by atoms with Crippen molar-refractivity contribution >= 4 is 52.0 Å². The molecule has 82 heavy (non-hydrogen) atoms. The van der Waals surface area contributed by atoms with Crippen LogP contribution >= 0.6 is 0 Å². The average molecular weight is 1290 g/mol. The van der Waals surface area contributed by atoms with E-state index in [1.54, 1.807) is 51.0 Å². The molecule has 0 fully saturated rings. The molecule has 6 aliphatic rings. The third-order valence-electron chi connectivity index (χ3n) is 10.2. The summed E-state index contributed by atoms with van der Waals surface area (Å²) >= 11 is 0. The van der Waals surface area contributed by atoms with E-state index in [-0.39, 0.29) is 85.7 Å². The lowest BCUT2D eigenvalue weighted by atomic mass is 10.3. The van der Waals surface area contributed by atoms with Crippen molar-refractivity contribution in [1.29, 1.82) is 0 Å². The fraction of sp³-hybridized carbons (Fsp3) is 0.647. The van der Waals surface area contributed by atoms with E-state index in [2.05, 4.69) is 86.7 Å². The molecule has 0 radical (unpaired) electrons. The summed E-state index contributed by atoms with van der Waals surface area (Å²) in [6, 6.07) is 0. The van der Waals surface area contributed by atoms with Crippen LogP contribution in [0.1, 0.15) is 12.8 Å². The van der Waals surface area contributed by atoms with Crippen LogP contribution < -0.4 is 65.8 Å². The van der Waals surface area contributed by atoms with Gasteiger partial charge < -0.3 is 42.0 Å². The second kappa shape index (κ2) is 32.8. The number of alkyl halides is 1. The molecule has 0 aromatic rings. The summed E-state index contributed by atoms with van der Waals surface area (Å²) in [5.74, 6) is 0. The van der Waals surface area contributed by atoms with Gasteiger partial charge in [0.15, 0.2) is 0 Å². The molecule has 6 aliphatic heterocycles. The van der Waals surface area contributed by atoms with Gasteiger partial charge in [0.25, 0.3) is 0 Å². The smallest absolute Gasteiger partial charge is 0.360 e. The van der Waals surface area contributed by atoms with Crippen molar-refractivity contribution in [2.75, 3.05) is 132 Å². The zero-order valence-electron chi connectivity index (χ0n) is 43.2. The van der Waals surface area contributed by atoms with Crippen molar-refractivity contribution < 1.29 is 99.6 Å². The molecular weight excluding hydrogens is 1220 g/mol. The monoisotopic (exact) mass is 1290 g/mol. The van der Waals surface area contributed by atoms with Gasteiger partial charge in [-0.3, -0.25) is 67.0 Å². The van der Waals surface area contributed by atoms with Crippen molar-refractivity contribution in [2.24, 2.45) is 0 Å². The van der Waals surface area contributed by atoms with E-state index in [4.69, 9.17) is 32.2 Å². The molecule has 0 saturated heterocycles. The molecular formula is C34H67FN20O22S5. The number of nitrogens with one attached hydrogen (secondary N) is 12. The SMILES string of the molecule is O=S(=O)(O)OCCCOCN1C=C(CN(CC2=CN(CCOS(=O)(=O)O)NN2)CC2=CN(CCOS(=O)(=O)O)NN2)NN1.O=S(=O)(O)OCCN1C=C(CN(CC2=CN(CCOS(=O)(=O)O)NN2)CC2=CN(COCCCF)NN2)NN1. The maximum absolute atomic E-state index is 12.2. The van der Waals surface area contributed by atoms with E-state index in [1.807, 2.05) is 16.0 Å². The summed E-state index contributed by atoms with van der Waals surface area (Å²) in [4.78, 5) is 4.03. The summed E-state index contributed by atoms with van der Waals surface area (Å²) in [6.45, 7) is 1.75. The quantitative estimate of drug-likeness (QED) is 0.0200. The van der Waals surface area contributed by atoms with Gasteiger partial charge in [0.05, 0.1) is 113 Å². The molecule has 6 rings (SSSR count). The molecule has 48 heteroatoms. The number of hydrogen-bond donors (Lipinski definition) is 17. The first-order valence-electron chi connectivity index (χ1n) is 23.8. The van der Waals surface area contributed by atoms with E-state index in [1.165, 1.54) is 10.0 Å². The molecule has 0 saturated carbocycles. The summed E-state index contributed by atoms with van der Waals surface area (Å²) in [5, 5.41) is 9.43. The van der Waals surface area contributed by atoms with Gasteiger partial charge >= 0.3 is 52.0 Å². The van der Waals surface area contributed by atoms with E-state index < -0.39 is 58.7 Å². The van der Waals surface area contributed by atoms with Crippen LogP contribution in [0.4, 0.5) is 4.39 Å². The summed E-state index contributed by atoms with van der Waals surface area (Å²) in [6.07, 6.45) is 10.9. The first-order valence-corrected chi connectivity index (χ1v) is 30.6. The normalized spacial score (nSPS) is 17.7. The van der Waals surface area contributed by atoms with Crippen molar-refractivity contribution in [3.63, 3.8) is 0 Å². The van der Waals surface area contributed by atoms with Crippen LogP contribution in [-0.2, 0) is 82.4 Å². The van der Waals surface area contributed by atoms with Crippen LogP contribution in [0, 0.1) is 0 Å². The van der Waals surface area contributed by atoms with Crippen LogP contribution in [0.2, 0.25) is 0 Å². The molecule has 0 spiro atoms. The molecule has 0 aromatic carbocycles. The van der Waals surface area contributed by atoms with Gasteiger partial charge in [-0.2, -0.15) is 42.1 Å². The summed E-state index contributed by atoms with van der Waals surface area (Å²) in [5.41, 5.74) is 39.6. The standard InChI is InChI=1S/C17H33FN10O9S2.C17H34N10O13S3/c18-2-1-5-35-14-28-13-17(21-24-28)10-25(8-15-11-26(22-19-15)3-6-36-38(29,30)31)9-16-12-27(23-20-16)4-7-37-39(32,33)34;28-41(29,30)38-5-1-4-37-14-27-13-17(20-23-27)10-24(8-15-11-25(21-18-15)2-6-39-42(31,32)33)9-16-12-26(22-19-16)3-7-40-43(34,35)36/h11-13,19-24H,1-10,14H2,(H,29,30,31)(H,32,33,34);11-13,18-23H,1-10,14H2,(H,28,29,30)(H,31,32,33)(H,34,35,36). The minimum atomic E-state index is -4.56. The Hall–Kier alpha value is -5.08. The van der Waals surface area contributed by atoms with Crippen molar-refractivity contribution in [3.05, 3.63) is 71.4 Å². The average Bonchev–Trinajstić information content (AvgIpc) is 4.25. The van der Waals surface area contributed by atoms with Crippen molar-refractivity contribution in [1.82, 2.24) is 106 Å². The van der Waals surface area contributed by atoms with E-state index in [0.29, 0.717) is 63.7 Å². The Bertz CT molecular complexity index is 2690. The minimum absolute atomic E-state index is 0.0982. The van der Waals surface area contributed by atoms with Crippen molar-refractivity contribution in [2.45, 2.75) is 12.8 Å². The van der Waals surface area contributed by atoms with Gasteiger partial charge in [0.2, 0.25) is 0 Å². The van der Waals surface area contributed by atoms with E-state index in [9.17, 15) is 46.5 Å². The van der Waals surface area contributed by atoms with Crippen LogP contribution in [0.3, 0.4) is 0 Å². The second-order valence-corrected chi connectivity index (χ2v) is 22.5. The third kappa shape index (κ3) is 29.9. The third-order valence-corrected chi connectivity index (χ3v) is 12.5. The largest absolute Gasteiger partial charge is 0.397 e. The Morgan fingerprint density at radius 2 is 0.585 bits per heavy atom. The maximum Gasteiger partial charge on any atom is 0.397 e. The number of ether oxygens (including phenoxy) is 2. The number of nitrogens with zero attached hydrogens (tertiary/aromatic N) is 8. The maximum atomic E-state index is 12.2. The molecule has 0 amide bonds. The highest BCUT2D eigenvalue weighted by atomic mass is 32.3. The molecule has 42 nitrogen and oxygen atoms in total. The number of halogens is 1. The predicted octanol–water partition coefficient (Wildman–Crippen LogP) is -7.63. The highest BCUT2D eigenvalue weighted by Crippen LogP contribution is 2.14. The number of rotatable bonds is 40. The van der Waals surface area contributed by atoms with Crippen LogP contribution in [0.5, 0.6) is 0 Å². The Morgan fingerprint density at radius 1 is 0.354 bits per heavy atom. The molecule has 0 aromatic heterocycles. The second-order valence-electron chi connectivity index (χ2n) is 17.1.